The molecule has 0 aliphatic heterocycles. The maximum atomic E-state index is 13.5. The van der Waals surface area contributed by atoms with E-state index in [9.17, 15) is 14.0 Å². The van der Waals surface area contributed by atoms with Crippen LogP contribution in [0.2, 0.25) is 0 Å². The summed E-state index contributed by atoms with van der Waals surface area (Å²) in [6, 6.07) is 10.1. The van der Waals surface area contributed by atoms with Gasteiger partial charge in [-0.15, -0.1) is 0 Å². The Morgan fingerprint density at radius 3 is 2.37 bits per heavy atom. The summed E-state index contributed by atoms with van der Waals surface area (Å²) in [5.74, 6) is 0.211. The summed E-state index contributed by atoms with van der Waals surface area (Å²) >= 11 is 0. The molecule has 1 aromatic heterocycles. The number of halogens is 1. The van der Waals surface area contributed by atoms with Gasteiger partial charge in [-0.2, -0.15) is 0 Å². The molecular weight excluding hydrogens is 523 g/mol. The molecule has 2 N–H and O–H groups in total. The molecule has 0 bridgehead atoms. The van der Waals surface area contributed by atoms with Gasteiger partial charge in [0.2, 0.25) is 0 Å². The lowest BCUT2D eigenvalue weighted by Gasteiger charge is -2.19. The number of anilines is 1. The van der Waals surface area contributed by atoms with E-state index in [1.807, 2.05) is 26.8 Å². The zero-order valence-corrected chi connectivity index (χ0v) is 24.7. The number of hydrogen-bond acceptors (Lipinski definition) is 6. The summed E-state index contributed by atoms with van der Waals surface area (Å²) in [5, 5.41) is 7.10. The molecular formula is C33H43FN2O5. The van der Waals surface area contributed by atoms with E-state index in [2.05, 4.69) is 16.7 Å². The van der Waals surface area contributed by atoms with Gasteiger partial charge in [0.1, 0.15) is 22.8 Å². The molecule has 8 heteroatoms. The molecule has 2 aromatic carbocycles. The molecule has 1 saturated carbocycles. The van der Waals surface area contributed by atoms with Crippen LogP contribution in [0.25, 0.3) is 22.3 Å². The highest BCUT2D eigenvalue weighted by atomic mass is 19.1. The van der Waals surface area contributed by atoms with Crippen LogP contribution in [0.15, 0.2) is 40.8 Å². The number of amides is 1. The van der Waals surface area contributed by atoms with Crippen LogP contribution in [0.1, 0.15) is 94.0 Å². The van der Waals surface area contributed by atoms with Crippen molar-refractivity contribution in [3.05, 3.63) is 53.3 Å². The number of hydrogen-bond donors (Lipinski definition) is 2. The molecule has 3 aromatic rings. The van der Waals surface area contributed by atoms with Crippen LogP contribution < -0.4 is 10.6 Å². The van der Waals surface area contributed by atoms with Crippen LogP contribution in [0.4, 0.5) is 10.1 Å². The van der Waals surface area contributed by atoms with Crippen LogP contribution in [0.3, 0.4) is 0 Å². The van der Waals surface area contributed by atoms with Crippen LogP contribution in [-0.2, 0) is 14.3 Å². The smallest absolute Gasteiger partial charge is 0.306 e. The van der Waals surface area contributed by atoms with Gasteiger partial charge in [-0.25, -0.2) is 4.39 Å². The first-order chi connectivity index (χ1) is 19.7. The number of furan rings is 1. The van der Waals surface area contributed by atoms with E-state index in [1.165, 1.54) is 17.7 Å². The molecule has 0 unspecified atom stereocenters. The standard InChI is InChI=1S/C33H43FN2O5/c1-33(2,3)41-29(37)10-6-9-19-39-18-8-5-7-17-36-27-21-28-26(20-25(27)22-11-12-22)30(32(38)35-4)31(40-28)23-13-15-24(34)16-14-23/h13-16,20-22,36H,5-12,17-19H2,1-4H3,(H,35,38). The predicted octanol–water partition coefficient (Wildman–Crippen LogP) is 7.59. The van der Waals surface area contributed by atoms with Crippen LogP contribution in [0, 0.1) is 5.82 Å². The normalized spacial score (nSPS) is 13.4. The molecule has 0 saturated heterocycles. The van der Waals surface area contributed by atoms with E-state index in [-0.39, 0.29) is 17.7 Å². The Labute approximate surface area is 242 Å². The van der Waals surface area contributed by atoms with Gasteiger partial charge in [0.05, 0.1) is 5.56 Å². The Bertz CT molecular complexity index is 1320. The van der Waals surface area contributed by atoms with Gasteiger partial charge < -0.3 is 24.5 Å². The monoisotopic (exact) mass is 566 g/mol. The van der Waals surface area contributed by atoms with Gasteiger partial charge >= 0.3 is 5.97 Å². The largest absolute Gasteiger partial charge is 0.460 e. The number of carbonyl (C=O) groups excluding carboxylic acids is 2. The van der Waals surface area contributed by atoms with Gasteiger partial charge in [-0.1, -0.05) is 0 Å². The van der Waals surface area contributed by atoms with Crippen molar-refractivity contribution < 1.29 is 27.9 Å². The Morgan fingerprint density at radius 1 is 1.00 bits per heavy atom. The minimum Gasteiger partial charge on any atom is -0.460 e. The highest BCUT2D eigenvalue weighted by Gasteiger charge is 2.29. The number of unbranched alkanes of at least 4 members (excludes halogenated alkanes) is 3. The number of esters is 1. The summed E-state index contributed by atoms with van der Waals surface area (Å²) in [4.78, 5) is 24.6. The summed E-state index contributed by atoms with van der Waals surface area (Å²) in [5.41, 5.74) is 3.60. The zero-order valence-electron chi connectivity index (χ0n) is 24.7. The number of ether oxygens (including phenoxy) is 2. The van der Waals surface area contributed by atoms with Crippen molar-refractivity contribution in [2.24, 2.45) is 0 Å². The second-order valence-corrected chi connectivity index (χ2v) is 11.7. The van der Waals surface area contributed by atoms with Crippen LogP contribution >= 0.6 is 0 Å². The maximum absolute atomic E-state index is 13.5. The lowest BCUT2D eigenvalue weighted by Crippen LogP contribution is -2.23. The van der Waals surface area contributed by atoms with E-state index in [0.717, 1.165) is 62.6 Å². The van der Waals surface area contributed by atoms with Crippen molar-refractivity contribution >= 4 is 28.5 Å². The van der Waals surface area contributed by atoms with Crippen molar-refractivity contribution in [1.82, 2.24) is 5.32 Å². The summed E-state index contributed by atoms with van der Waals surface area (Å²) in [6.45, 7) is 7.84. The molecule has 1 heterocycles. The van der Waals surface area contributed by atoms with Crippen LogP contribution in [-0.4, -0.2) is 44.3 Å². The molecule has 1 fully saturated rings. The predicted molar refractivity (Wildman–Crippen MR) is 160 cm³/mol. The summed E-state index contributed by atoms with van der Waals surface area (Å²) in [7, 11) is 1.60. The Morgan fingerprint density at radius 2 is 1.71 bits per heavy atom. The fourth-order valence-corrected chi connectivity index (χ4v) is 4.90. The van der Waals surface area contributed by atoms with Crippen molar-refractivity contribution in [1.29, 1.82) is 0 Å². The third-order valence-corrected chi connectivity index (χ3v) is 7.06. The first-order valence-corrected chi connectivity index (χ1v) is 14.8. The summed E-state index contributed by atoms with van der Waals surface area (Å²) < 4.78 is 30.8. The second kappa shape index (κ2) is 14.0. The number of rotatable bonds is 15. The Balaban J connectivity index is 1.27. The number of carbonyl (C=O) groups is 2. The highest BCUT2D eigenvalue weighted by Crippen LogP contribution is 2.46. The van der Waals surface area contributed by atoms with E-state index in [4.69, 9.17) is 13.9 Å². The Hall–Kier alpha value is -3.39. The third kappa shape index (κ3) is 8.80. The molecule has 222 valence electrons. The van der Waals surface area contributed by atoms with E-state index >= 15 is 0 Å². The molecule has 1 aliphatic rings. The minimum atomic E-state index is -0.432. The Kier molecular flexibility index (Phi) is 10.4. The van der Waals surface area contributed by atoms with E-state index in [1.54, 1.807) is 19.2 Å². The van der Waals surface area contributed by atoms with E-state index in [0.29, 0.717) is 48.0 Å². The molecule has 1 aliphatic carbocycles. The van der Waals surface area contributed by atoms with Crippen molar-refractivity contribution in [3.8, 4) is 11.3 Å². The fourth-order valence-electron chi connectivity index (χ4n) is 4.90. The van der Waals surface area contributed by atoms with Gasteiger partial charge in [0.15, 0.2) is 0 Å². The molecule has 4 rings (SSSR count). The third-order valence-electron chi connectivity index (χ3n) is 7.06. The SMILES string of the molecule is CNC(=O)c1c(-c2ccc(F)cc2)oc2cc(NCCCCCOCCCCC(=O)OC(C)(C)C)c(C3CC3)cc12. The minimum absolute atomic E-state index is 0.152. The molecule has 0 atom stereocenters. The quantitative estimate of drug-likeness (QED) is 0.146. The number of benzene rings is 2. The average Bonchev–Trinajstić information content (AvgIpc) is 3.70. The first kappa shape index (κ1) is 30.6. The lowest BCUT2D eigenvalue weighted by atomic mass is 10.0. The van der Waals surface area contributed by atoms with E-state index < -0.39 is 5.60 Å². The fraction of sp³-hybridized carbons (Fsp3) is 0.515. The highest BCUT2D eigenvalue weighted by molar-refractivity contribution is 6.11. The zero-order chi connectivity index (χ0) is 29.4. The molecule has 1 amide bonds. The van der Waals surface area contributed by atoms with Crippen molar-refractivity contribution in [3.63, 3.8) is 0 Å². The van der Waals surface area contributed by atoms with Gasteiger partial charge in [0, 0.05) is 55.9 Å². The average molecular weight is 567 g/mol. The molecule has 41 heavy (non-hydrogen) atoms. The topological polar surface area (TPSA) is 89.8 Å². The maximum Gasteiger partial charge on any atom is 0.306 e. The molecule has 0 radical (unpaired) electrons. The number of nitrogens with one attached hydrogen (secondary N) is 2. The molecule has 7 nitrogen and oxygen atoms in total. The van der Waals surface area contributed by atoms with Gasteiger partial charge in [0.25, 0.3) is 5.91 Å². The van der Waals surface area contributed by atoms with Gasteiger partial charge in [-0.3, -0.25) is 9.59 Å². The van der Waals surface area contributed by atoms with Gasteiger partial charge in [-0.05, 0) is 108 Å². The van der Waals surface area contributed by atoms with Crippen molar-refractivity contribution in [2.75, 3.05) is 32.1 Å². The van der Waals surface area contributed by atoms with Crippen LogP contribution in [0.5, 0.6) is 0 Å². The first-order valence-electron chi connectivity index (χ1n) is 14.8. The molecule has 0 spiro atoms. The van der Waals surface area contributed by atoms with Crippen molar-refractivity contribution in [2.45, 2.75) is 83.7 Å². The number of fused-ring (bicyclic) bond motifs is 1. The lowest BCUT2D eigenvalue weighted by molar-refractivity contribution is -0.154. The second-order valence-electron chi connectivity index (χ2n) is 11.7. The summed E-state index contributed by atoms with van der Waals surface area (Å²) in [6.07, 6.45) is 7.36.